The van der Waals surface area contributed by atoms with Gasteiger partial charge in [-0.2, -0.15) is 0 Å². The Hall–Kier alpha value is -1.39. The van der Waals surface area contributed by atoms with Crippen molar-refractivity contribution < 1.29 is 9.15 Å². The average Bonchev–Trinajstić information content (AvgIpc) is 2.93. The van der Waals surface area contributed by atoms with Gasteiger partial charge >= 0.3 is 0 Å². The number of ether oxygens (including phenoxy) is 1. The zero-order valence-corrected chi connectivity index (χ0v) is 10.5. The quantitative estimate of drug-likeness (QED) is 0.884. The van der Waals surface area contributed by atoms with Crippen LogP contribution in [0.2, 0.25) is 0 Å². The van der Waals surface area contributed by atoms with Crippen LogP contribution in [0.15, 0.2) is 35.2 Å². The van der Waals surface area contributed by atoms with Crippen LogP contribution in [0.25, 0.3) is 5.57 Å². The van der Waals surface area contributed by atoms with Crippen molar-refractivity contribution in [2.24, 2.45) is 11.8 Å². The summed E-state index contributed by atoms with van der Waals surface area (Å²) in [6, 6.07) is 0. The Balaban J connectivity index is 1.86. The highest BCUT2D eigenvalue weighted by Crippen LogP contribution is 2.40. The summed E-state index contributed by atoms with van der Waals surface area (Å²) in [6.45, 7) is 1.70. The number of nitrogens with zero attached hydrogens (tertiary/aromatic N) is 1. The summed E-state index contributed by atoms with van der Waals surface area (Å²) in [7, 11) is 1.96. The van der Waals surface area contributed by atoms with Gasteiger partial charge in [-0.15, -0.1) is 0 Å². The lowest BCUT2D eigenvalue weighted by atomic mass is 9.75. The molecule has 2 aliphatic rings. The van der Waals surface area contributed by atoms with E-state index < -0.39 is 0 Å². The summed E-state index contributed by atoms with van der Waals surface area (Å²) >= 11 is 0. The van der Waals surface area contributed by atoms with Gasteiger partial charge in [-0.25, -0.2) is 4.98 Å². The van der Waals surface area contributed by atoms with Gasteiger partial charge in [0, 0.05) is 24.6 Å². The zero-order valence-electron chi connectivity index (χ0n) is 10.5. The normalized spacial score (nSPS) is 30.9. The monoisotopic (exact) mass is 246 g/mol. The van der Waals surface area contributed by atoms with Gasteiger partial charge in [0.15, 0.2) is 12.2 Å². The van der Waals surface area contributed by atoms with Crippen LogP contribution in [-0.2, 0) is 4.74 Å². The Morgan fingerprint density at radius 1 is 1.50 bits per heavy atom. The molecule has 4 nitrogen and oxygen atoms in total. The second-order valence-corrected chi connectivity index (χ2v) is 4.81. The van der Waals surface area contributed by atoms with Crippen LogP contribution in [0, 0.1) is 11.8 Å². The number of allylic oxidation sites excluding steroid dienone is 3. The van der Waals surface area contributed by atoms with Gasteiger partial charge in [-0.05, 0) is 19.4 Å². The Bertz CT molecular complexity index is 448. The maximum Gasteiger partial charge on any atom is 0.181 e. The van der Waals surface area contributed by atoms with Crippen LogP contribution >= 0.6 is 0 Å². The molecule has 3 unspecified atom stereocenters. The summed E-state index contributed by atoms with van der Waals surface area (Å²) in [5, 5.41) is 3.21. The van der Waals surface area contributed by atoms with Gasteiger partial charge in [-0.1, -0.05) is 18.2 Å². The highest BCUT2D eigenvalue weighted by Gasteiger charge is 2.36. The summed E-state index contributed by atoms with van der Waals surface area (Å²) in [6.07, 6.45) is 11.1. The van der Waals surface area contributed by atoms with Gasteiger partial charge in [0.25, 0.3) is 0 Å². The number of hydrogen-bond donors (Lipinski definition) is 1. The minimum atomic E-state index is 0.247. The Morgan fingerprint density at radius 3 is 3.22 bits per heavy atom. The molecule has 0 amide bonds. The second-order valence-electron chi connectivity index (χ2n) is 4.81. The summed E-state index contributed by atoms with van der Waals surface area (Å²) < 4.78 is 11.3. The molecular weight excluding hydrogens is 228 g/mol. The molecule has 1 saturated heterocycles. The molecule has 3 atom stereocenters. The van der Waals surface area contributed by atoms with Gasteiger partial charge in [0.05, 0.1) is 12.3 Å². The molecule has 2 heterocycles. The standard InChI is InChI=1S/C14H18N2O2/c1-15-7-13-11-3-2-4-12(10(11)5-6-17-13)14-8-16-9-18-14/h2-4,8-11,13,15H,5-7H2,1H3. The van der Waals surface area contributed by atoms with E-state index in [2.05, 4.69) is 28.5 Å². The fourth-order valence-electron chi connectivity index (χ4n) is 2.96. The summed E-state index contributed by atoms with van der Waals surface area (Å²) in [5.41, 5.74) is 1.25. The van der Waals surface area contributed by atoms with Crippen molar-refractivity contribution in [3.8, 4) is 0 Å². The first-order valence-electron chi connectivity index (χ1n) is 6.43. The Labute approximate surface area is 107 Å². The third-order valence-electron chi connectivity index (χ3n) is 3.79. The van der Waals surface area contributed by atoms with Crippen LogP contribution in [0.5, 0.6) is 0 Å². The van der Waals surface area contributed by atoms with E-state index in [1.807, 2.05) is 7.05 Å². The first kappa shape index (κ1) is 11.7. The van der Waals surface area contributed by atoms with E-state index in [0.717, 1.165) is 25.3 Å². The average molecular weight is 246 g/mol. The van der Waals surface area contributed by atoms with Crippen LogP contribution in [-0.4, -0.2) is 31.3 Å². The molecule has 0 bridgehead atoms. The van der Waals surface area contributed by atoms with Gasteiger partial charge in [0.1, 0.15) is 0 Å². The van der Waals surface area contributed by atoms with Crippen molar-refractivity contribution >= 4 is 5.57 Å². The molecule has 0 radical (unpaired) electrons. The minimum Gasteiger partial charge on any atom is -0.444 e. The van der Waals surface area contributed by atoms with Crippen molar-refractivity contribution in [1.29, 1.82) is 0 Å². The van der Waals surface area contributed by atoms with Gasteiger partial charge in [0.2, 0.25) is 0 Å². The van der Waals surface area contributed by atoms with Crippen LogP contribution in [0.4, 0.5) is 0 Å². The molecule has 96 valence electrons. The fraction of sp³-hybridized carbons (Fsp3) is 0.500. The number of fused-ring (bicyclic) bond motifs is 1. The zero-order chi connectivity index (χ0) is 12.4. The lowest BCUT2D eigenvalue weighted by Gasteiger charge is -2.38. The third kappa shape index (κ3) is 2.02. The number of aromatic nitrogens is 1. The topological polar surface area (TPSA) is 47.3 Å². The van der Waals surface area contributed by atoms with Crippen LogP contribution in [0.1, 0.15) is 12.2 Å². The number of likely N-dealkylation sites (N-methyl/N-ethyl adjacent to an activating group) is 1. The smallest absolute Gasteiger partial charge is 0.181 e. The van der Waals surface area contributed by atoms with E-state index in [4.69, 9.17) is 9.15 Å². The molecule has 0 saturated carbocycles. The SMILES string of the molecule is CNCC1OCCC2C(c3cnco3)=CC=CC12. The van der Waals surface area contributed by atoms with Crippen molar-refractivity contribution in [3.05, 3.63) is 36.6 Å². The molecule has 3 rings (SSSR count). The van der Waals surface area contributed by atoms with E-state index >= 15 is 0 Å². The second kappa shape index (κ2) is 5.08. The minimum absolute atomic E-state index is 0.247. The van der Waals surface area contributed by atoms with Crippen LogP contribution < -0.4 is 5.32 Å². The van der Waals surface area contributed by atoms with Gasteiger partial charge in [-0.3, -0.25) is 0 Å². The first-order chi connectivity index (χ1) is 8.90. The maximum absolute atomic E-state index is 5.87. The molecule has 0 spiro atoms. The molecule has 1 aliphatic carbocycles. The van der Waals surface area contributed by atoms with E-state index in [9.17, 15) is 0 Å². The lowest BCUT2D eigenvalue weighted by molar-refractivity contribution is -0.0252. The maximum atomic E-state index is 5.87. The molecule has 1 aromatic rings. The van der Waals surface area contributed by atoms with E-state index in [1.165, 1.54) is 12.0 Å². The van der Waals surface area contributed by atoms with Crippen molar-refractivity contribution in [1.82, 2.24) is 10.3 Å². The predicted molar refractivity (Wildman–Crippen MR) is 68.9 cm³/mol. The molecule has 1 aromatic heterocycles. The Morgan fingerprint density at radius 2 is 2.44 bits per heavy atom. The summed E-state index contributed by atoms with van der Waals surface area (Å²) in [5.74, 6) is 1.80. The number of rotatable bonds is 3. The molecule has 1 fully saturated rings. The number of oxazole rings is 1. The predicted octanol–water partition coefficient (Wildman–Crippen LogP) is 1.87. The highest BCUT2D eigenvalue weighted by molar-refractivity contribution is 5.66. The van der Waals surface area contributed by atoms with E-state index in [-0.39, 0.29) is 6.10 Å². The highest BCUT2D eigenvalue weighted by atomic mass is 16.5. The van der Waals surface area contributed by atoms with Crippen molar-refractivity contribution in [2.45, 2.75) is 12.5 Å². The molecule has 0 aromatic carbocycles. The largest absolute Gasteiger partial charge is 0.444 e. The van der Waals surface area contributed by atoms with Gasteiger partial charge < -0.3 is 14.5 Å². The molecule has 18 heavy (non-hydrogen) atoms. The van der Waals surface area contributed by atoms with Crippen LogP contribution in [0.3, 0.4) is 0 Å². The van der Waals surface area contributed by atoms with Crippen molar-refractivity contribution in [2.75, 3.05) is 20.2 Å². The summed E-state index contributed by atoms with van der Waals surface area (Å²) in [4.78, 5) is 4.02. The number of nitrogens with one attached hydrogen (secondary N) is 1. The molecule has 1 aliphatic heterocycles. The number of hydrogen-bond acceptors (Lipinski definition) is 4. The molecule has 4 heteroatoms. The molecule has 1 N–H and O–H groups in total. The van der Waals surface area contributed by atoms with Crippen molar-refractivity contribution in [3.63, 3.8) is 0 Å². The lowest BCUT2D eigenvalue weighted by Crippen LogP contribution is -2.42. The molecular formula is C14H18N2O2. The van der Waals surface area contributed by atoms with E-state index in [0.29, 0.717) is 11.8 Å². The fourth-order valence-corrected chi connectivity index (χ4v) is 2.96. The third-order valence-corrected chi connectivity index (χ3v) is 3.79. The first-order valence-corrected chi connectivity index (χ1v) is 6.43. The van der Waals surface area contributed by atoms with E-state index in [1.54, 1.807) is 6.20 Å². The Kier molecular flexibility index (Phi) is 3.30.